The number of carbonyl (C=O) groups excluding carboxylic acids is 2. The Morgan fingerprint density at radius 1 is 1.08 bits per heavy atom. The normalized spacial score (nSPS) is 14.8. The lowest BCUT2D eigenvalue weighted by Crippen LogP contribution is -2.43. The van der Waals surface area contributed by atoms with Crippen LogP contribution in [0.15, 0.2) is 18.2 Å². The van der Waals surface area contributed by atoms with Gasteiger partial charge in [-0.15, -0.1) is 0 Å². The number of rotatable bonds is 7. The van der Waals surface area contributed by atoms with E-state index in [-0.39, 0.29) is 11.9 Å². The number of nitrogens with one attached hydrogen (secondary N) is 3. The maximum absolute atomic E-state index is 11.8. The molecule has 1 aromatic carbocycles. The molecule has 0 radical (unpaired) electrons. The fraction of sp³-hybridized carbons (Fsp3) is 0.556. The summed E-state index contributed by atoms with van der Waals surface area (Å²) in [5.41, 5.74) is 0.824. The first-order valence-corrected chi connectivity index (χ1v) is 9.55. The van der Waals surface area contributed by atoms with Gasteiger partial charge in [-0.3, -0.25) is 4.79 Å². The van der Waals surface area contributed by atoms with Crippen molar-refractivity contribution in [3.05, 3.63) is 33.8 Å². The van der Waals surface area contributed by atoms with E-state index in [0.29, 0.717) is 42.0 Å². The molecule has 138 valence electrons. The molecule has 1 aliphatic carbocycles. The van der Waals surface area contributed by atoms with E-state index in [9.17, 15) is 9.59 Å². The average molecular weight is 386 g/mol. The van der Waals surface area contributed by atoms with Gasteiger partial charge in [-0.05, 0) is 37.0 Å². The second-order valence-electron chi connectivity index (χ2n) is 6.35. The number of benzene rings is 1. The summed E-state index contributed by atoms with van der Waals surface area (Å²) in [7, 11) is 0. The molecule has 1 saturated carbocycles. The molecule has 1 aromatic rings. The van der Waals surface area contributed by atoms with E-state index in [1.165, 1.54) is 19.3 Å². The highest BCUT2D eigenvalue weighted by Crippen LogP contribution is 2.20. The smallest absolute Gasteiger partial charge is 0.315 e. The Hall–Kier alpha value is -1.46. The van der Waals surface area contributed by atoms with Gasteiger partial charge in [0, 0.05) is 35.6 Å². The summed E-state index contributed by atoms with van der Waals surface area (Å²) in [5.74, 6) is -0.0690. The van der Waals surface area contributed by atoms with Crippen molar-refractivity contribution in [3.8, 4) is 0 Å². The highest BCUT2D eigenvalue weighted by atomic mass is 35.5. The van der Waals surface area contributed by atoms with Crippen LogP contribution in [0.4, 0.5) is 4.79 Å². The molecule has 0 atom stereocenters. The largest absolute Gasteiger partial charge is 0.352 e. The van der Waals surface area contributed by atoms with Crippen molar-refractivity contribution in [1.29, 1.82) is 0 Å². The van der Waals surface area contributed by atoms with Crippen LogP contribution < -0.4 is 16.0 Å². The summed E-state index contributed by atoms with van der Waals surface area (Å²) in [6.07, 6.45) is 6.70. The van der Waals surface area contributed by atoms with Crippen LogP contribution >= 0.6 is 23.2 Å². The zero-order valence-corrected chi connectivity index (χ0v) is 15.8. The van der Waals surface area contributed by atoms with E-state index in [2.05, 4.69) is 16.0 Å². The van der Waals surface area contributed by atoms with E-state index < -0.39 is 0 Å². The molecule has 1 fully saturated rings. The predicted octanol–water partition coefficient (Wildman–Crippen LogP) is 4.02. The molecule has 2 rings (SSSR count). The molecule has 0 bridgehead atoms. The number of amides is 3. The summed E-state index contributed by atoms with van der Waals surface area (Å²) in [5, 5.41) is 9.72. The molecule has 3 amide bonds. The van der Waals surface area contributed by atoms with Crippen LogP contribution in [0.5, 0.6) is 0 Å². The highest BCUT2D eigenvalue weighted by Gasteiger charge is 2.15. The van der Waals surface area contributed by atoms with E-state index in [1.807, 2.05) is 0 Å². The van der Waals surface area contributed by atoms with Gasteiger partial charge >= 0.3 is 6.03 Å². The van der Waals surface area contributed by atoms with Crippen molar-refractivity contribution >= 4 is 35.1 Å². The predicted molar refractivity (Wildman–Crippen MR) is 101 cm³/mol. The van der Waals surface area contributed by atoms with Gasteiger partial charge in [0.1, 0.15) is 0 Å². The molecular formula is C18H25Cl2N3O2. The number of hydrogen-bond acceptors (Lipinski definition) is 2. The Kier molecular flexibility index (Phi) is 8.35. The minimum absolute atomic E-state index is 0.0690. The monoisotopic (exact) mass is 385 g/mol. The summed E-state index contributed by atoms with van der Waals surface area (Å²) in [6.45, 7) is 0.845. The maximum atomic E-state index is 11.8. The fourth-order valence-corrected chi connectivity index (χ4v) is 3.36. The van der Waals surface area contributed by atoms with Crippen LogP contribution in [-0.4, -0.2) is 24.5 Å². The molecule has 0 heterocycles. The molecule has 0 saturated heterocycles. The summed E-state index contributed by atoms with van der Waals surface area (Å²) in [6, 6.07) is 5.34. The molecule has 0 aliphatic heterocycles. The summed E-state index contributed by atoms with van der Waals surface area (Å²) < 4.78 is 0. The molecular weight excluding hydrogens is 361 g/mol. The van der Waals surface area contributed by atoms with Crippen molar-refractivity contribution in [2.75, 3.05) is 6.54 Å². The molecule has 7 heteroatoms. The van der Waals surface area contributed by atoms with Crippen molar-refractivity contribution in [2.24, 2.45) is 0 Å². The minimum atomic E-state index is -0.139. The standard InChI is InChI=1S/C18H25Cl2N3O2/c19-14-9-8-13(16(20)11-14)12-22-17(24)7-4-10-21-18(25)23-15-5-2-1-3-6-15/h8-9,11,15H,1-7,10,12H2,(H,22,24)(H2,21,23,25). The van der Waals surface area contributed by atoms with Crippen LogP contribution in [0.3, 0.4) is 0 Å². The van der Waals surface area contributed by atoms with Gasteiger partial charge in [-0.1, -0.05) is 48.5 Å². The van der Waals surface area contributed by atoms with Gasteiger partial charge in [0.2, 0.25) is 5.91 Å². The van der Waals surface area contributed by atoms with Gasteiger partial charge in [0.05, 0.1) is 0 Å². The molecule has 5 nitrogen and oxygen atoms in total. The molecule has 0 unspecified atom stereocenters. The van der Waals surface area contributed by atoms with Crippen LogP contribution in [0, 0.1) is 0 Å². The second-order valence-corrected chi connectivity index (χ2v) is 7.19. The Bertz CT molecular complexity index is 590. The average Bonchev–Trinajstić information content (AvgIpc) is 2.59. The van der Waals surface area contributed by atoms with Gasteiger partial charge in [-0.25, -0.2) is 4.79 Å². The first-order valence-electron chi connectivity index (χ1n) is 8.79. The summed E-state index contributed by atoms with van der Waals surface area (Å²) in [4.78, 5) is 23.6. The number of urea groups is 1. The third kappa shape index (κ3) is 7.53. The van der Waals surface area contributed by atoms with E-state index >= 15 is 0 Å². The van der Waals surface area contributed by atoms with Crippen LogP contribution in [0.1, 0.15) is 50.5 Å². The lowest BCUT2D eigenvalue weighted by Gasteiger charge is -2.22. The van der Waals surface area contributed by atoms with Crippen LogP contribution in [0.25, 0.3) is 0 Å². The van der Waals surface area contributed by atoms with Crippen LogP contribution in [0.2, 0.25) is 10.0 Å². The molecule has 0 aromatic heterocycles. The molecule has 25 heavy (non-hydrogen) atoms. The summed E-state index contributed by atoms with van der Waals surface area (Å²) >= 11 is 11.9. The van der Waals surface area contributed by atoms with Crippen LogP contribution in [-0.2, 0) is 11.3 Å². The van der Waals surface area contributed by atoms with Crippen molar-refractivity contribution in [2.45, 2.75) is 57.5 Å². The molecule has 3 N–H and O–H groups in total. The zero-order valence-electron chi connectivity index (χ0n) is 14.2. The van der Waals surface area contributed by atoms with Gasteiger partial charge in [-0.2, -0.15) is 0 Å². The number of carbonyl (C=O) groups is 2. The minimum Gasteiger partial charge on any atom is -0.352 e. The second kappa shape index (κ2) is 10.5. The molecule has 1 aliphatic rings. The first-order chi connectivity index (χ1) is 12.0. The highest BCUT2D eigenvalue weighted by molar-refractivity contribution is 6.35. The third-order valence-electron chi connectivity index (χ3n) is 4.30. The topological polar surface area (TPSA) is 70.2 Å². The lowest BCUT2D eigenvalue weighted by atomic mass is 9.96. The van der Waals surface area contributed by atoms with Gasteiger partial charge in [0.25, 0.3) is 0 Å². The number of halogens is 2. The van der Waals surface area contributed by atoms with Gasteiger partial charge < -0.3 is 16.0 Å². The van der Waals surface area contributed by atoms with Crippen molar-refractivity contribution < 1.29 is 9.59 Å². The first kappa shape index (κ1) is 19.9. The Balaban J connectivity index is 1.56. The maximum Gasteiger partial charge on any atom is 0.315 e. The van der Waals surface area contributed by atoms with E-state index in [0.717, 1.165) is 18.4 Å². The van der Waals surface area contributed by atoms with E-state index in [4.69, 9.17) is 23.2 Å². The van der Waals surface area contributed by atoms with Gasteiger partial charge in [0.15, 0.2) is 0 Å². The SMILES string of the molecule is O=C(CCCNC(=O)NC1CCCCC1)NCc1ccc(Cl)cc1Cl. The van der Waals surface area contributed by atoms with Crippen molar-refractivity contribution in [3.63, 3.8) is 0 Å². The lowest BCUT2D eigenvalue weighted by molar-refractivity contribution is -0.121. The van der Waals surface area contributed by atoms with E-state index in [1.54, 1.807) is 18.2 Å². The Morgan fingerprint density at radius 3 is 2.56 bits per heavy atom. The fourth-order valence-electron chi connectivity index (χ4n) is 2.88. The molecule has 0 spiro atoms. The third-order valence-corrected chi connectivity index (χ3v) is 4.88. The number of hydrogen-bond donors (Lipinski definition) is 3. The zero-order chi connectivity index (χ0) is 18.1. The Morgan fingerprint density at radius 2 is 1.84 bits per heavy atom. The van der Waals surface area contributed by atoms with Crippen molar-refractivity contribution in [1.82, 2.24) is 16.0 Å². The quantitative estimate of drug-likeness (QED) is 0.620. The Labute approximate surface area is 158 Å².